The molecule has 16 rings (SSSR count). The first kappa shape index (κ1) is 110. The van der Waals surface area contributed by atoms with Gasteiger partial charge in [0, 0.05) is 151 Å². The zero-order chi connectivity index (χ0) is 106. The number of methoxy groups -OCH3 is 5. The predicted octanol–water partition coefficient (Wildman–Crippen LogP) is 25.6. The Morgan fingerprint density at radius 1 is 0.338 bits per heavy atom. The number of hydrogen-bond acceptors (Lipinski definition) is 16. The number of benzene rings is 10. The van der Waals surface area contributed by atoms with Gasteiger partial charge < -0.3 is 89.1 Å². The summed E-state index contributed by atoms with van der Waals surface area (Å²) in [4.78, 5) is 47.6. The Kier molecular flexibility index (Phi) is 39.1. The second-order valence-electron chi connectivity index (χ2n) is 35.9. The second-order valence-corrected chi connectivity index (χ2v) is 37.9. The molecule has 6 heterocycles. The van der Waals surface area contributed by atoms with Gasteiger partial charge in [0.25, 0.3) is 0 Å². The monoisotopic (exact) mass is 2010 g/mol. The average molecular weight is 2010 g/mol. The van der Waals surface area contributed by atoms with E-state index in [2.05, 4.69) is 130 Å². The van der Waals surface area contributed by atoms with E-state index in [1.165, 1.54) is 10.6 Å². The normalized spacial score (nSPS) is 11.2. The fraction of sp³-hybridized carbons (Fsp3) is 0.325. The fourth-order valence-electron chi connectivity index (χ4n) is 18.3. The van der Waals surface area contributed by atoms with E-state index in [1.807, 2.05) is 241 Å². The van der Waals surface area contributed by atoms with Crippen molar-refractivity contribution in [3.63, 3.8) is 0 Å². The summed E-state index contributed by atoms with van der Waals surface area (Å²) in [6.45, 7) is 26.7. The number of rotatable bonds is 35. The Morgan fingerprint density at radius 3 is 0.878 bits per heavy atom. The van der Waals surface area contributed by atoms with Gasteiger partial charge in [0.2, 0.25) is 10.0 Å². The summed E-state index contributed by atoms with van der Waals surface area (Å²) in [7, 11) is 4.87. The third kappa shape index (κ3) is 25.9. The van der Waals surface area contributed by atoms with E-state index < -0.39 is 10.0 Å². The molecular formula is C117H133N19O11S. The Bertz CT molecular complexity index is 7570. The minimum atomic E-state index is -3.33. The van der Waals surface area contributed by atoms with Crippen LogP contribution in [0.25, 0.3) is 111 Å². The lowest BCUT2D eigenvalue weighted by Gasteiger charge is -2.17. The van der Waals surface area contributed by atoms with E-state index in [0.717, 1.165) is 242 Å². The number of aromatic nitrogens is 5. The molecule has 8 N–H and O–H groups in total. The van der Waals surface area contributed by atoms with Crippen LogP contribution in [0.2, 0.25) is 0 Å². The summed E-state index contributed by atoms with van der Waals surface area (Å²) in [5.41, 5.74) is 21.7. The fourth-order valence-corrected chi connectivity index (χ4v) is 19.2. The molecule has 0 bridgehead atoms. The molecule has 5 aromatic heterocycles. The van der Waals surface area contributed by atoms with Crippen LogP contribution < -0.4 is 70.5 Å². The SMILES string of the molecule is CCCCNC(=O)Nc1ccc(-c2c(C#N)c3ccc(OC)cc3n2CCCC)cc1.CCCCn1c(-c2ccc(NC(=O)NC(C)C)cc2)c(C#N)c2ccc(OC)cc21.CCCCn1c(-c2ccc(NC(=O)NCC)cc2)c(C#N)c2ccc(OC)cc21.CCCCn1c(-c2ccc(NC(=O)NCCC)cc2)c(C#N)c2ccc(OC)cc21.CCn1c(-c2ccc3c(c2)N(S(C)(=O)=O)CC3)c(C#N)c2ccc(OC)cc21. The quantitative estimate of drug-likeness (QED) is 0.0171. The van der Waals surface area contributed by atoms with Gasteiger partial charge in [-0.1, -0.05) is 134 Å². The molecule has 0 atom stereocenters. The number of unbranched alkanes of at least 4 members (excludes halogenated alkanes) is 5. The van der Waals surface area contributed by atoms with Gasteiger partial charge >= 0.3 is 24.1 Å². The van der Waals surface area contributed by atoms with Gasteiger partial charge in [0.1, 0.15) is 59.1 Å². The third-order valence-corrected chi connectivity index (χ3v) is 26.7. The van der Waals surface area contributed by atoms with Gasteiger partial charge in [-0.05, 0) is 216 Å². The molecule has 10 aromatic carbocycles. The van der Waals surface area contributed by atoms with E-state index in [1.54, 1.807) is 35.5 Å². The number of nitriles is 5. The highest BCUT2D eigenvalue weighted by molar-refractivity contribution is 7.92. The van der Waals surface area contributed by atoms with Crippen molar-refractivity contribution < 1.29 is 51.3 Å². The number of nitrogens with one attached hydrogen (secondary N) is 8. The number of aryl methyl sites for hydroxylation is 5. The van der Waals surface area contributed by atoms with Gasteiger partial charge in [0.05, 0.1) is 131 Å². The number of nitrogens with zero attached hydrogens (tertiary/aromatic N) is 11. The van der Waals surface area contributed by atoms with Gasteiger partial charge in [-0.3, -0.25) is 4.31 Å². The van der Waals surface area contributed by atoms with Crippen LogP contribution in [-0.4, -0.2) is 129 Å². The number of ether oxygens (including phenoxy) is 5. The molecule has 30 nitrogen and oxygen atoms in total. The lowest BCUT2D eigenvalue weighted by atomic mass is 10.0. The molecule has 1 aliphatic heterocycles. The van der Waals surface area contributed by atoms with Crippen LogP contribution in [0, 0.1) is 56.7 Å². The maximum Gasteiger partial charge on any atom is 0.319 e. The van der Waals surface area contributed by atoms with Crippen LogP contribution in [-0.2, 0) is 49.2 Å². The molecule has 0 saturated heterocycles. The highest BCUT2D eigenvalue weighted by Gasteiger charge is 2.31. The molecule has 0 aliphatic carbocycles. The summed E-state index contributed by atoms with van der Waals surface area (Å²) in [6.07, 6.45) is 13.1. The topological polar surface area (TPSA) is 392 Å². The third-order valence-electron chi connectivity index (χ3n) is 25.6. The van der Waals surface area contributed by atoms with Crippen molar-refractivity contribution in [1.29, 1.82) is 26.3 Å². The molecule has 31 heteroatoms. The minimum absolute atomic E-state index is 0.0636. The lowest BCUT2D eigenvalue weighted by Crippen LogP contribution is -2.34. The number of fused-ring (bicyclic) bond motifs is 6. The first-order valence-electron chi connectivity index (χ1n) is 50.5. The number of carbonyl (C=O) groups excluding carboxylic acids is 4. The number of amides is 8. The Morgan fingerprint density at radius 2 is 0.615 bits per heavy atom. The first-order valence-corrected chi connectivity index (χ1v) is 52.4. The first-order chi connectivity index (χ1) is 71.7. The van der Waals surface area contributed by atoms with Crippen LogP contribution in [0.4, 0.5) is 47.6 Å². The number of hydrogen-bond donors (Lipinski definition) is 8. The maximum atomic E-state index is 12.2. The number of anilines is 5. The van der Waals surface area contributed by atoms with Crippen LogP contribution in [0.3, 0.4) is 0 Å². The Hall–Kier alpha value is -16.8. The summed E-state index contributed by atoms with van der Waals surface area (Å²) >= 11 is 0. The van der Waals surface area contributed by atoms with Gasteiger partial charge in [0.15, 0.2) is 0 Å². The van der Waals surface area contributed by atoms with Crippen molar-refractivity contribution >= 4 is 117 Å². The highest BCUT2D eigenvalue weighted by atomic mass is 32.2. The molecule has 15 aromatic rings. The van der Waals surface area contributed by atoms with Crippen molar-refractivity contribution in [2.24, 2.45) is 0 Å². The molecule has 0 fully saturated rings. The van der Waals surface area contributed by atoms with Crippen molar-refractivity contribution in [3.05, 3.63) is 240 Å². The Labute approximate surface area is 867 Å². The van der Waals surface area contributed by atoms with Crippen molar-refractivity contribution in [2.75, 3.05) is 93.6 Å². The van der Waals surface area contributed by atoms with Gasteiger partial charge in [-0.2, -0.15) is 26.3 Å². The highest BCUT2D eigenvalue weighted by Crippen LogP contribution is 2.44. The summed E-state index contributed by atoms with van der Waals surface area (Å²) < 4.78 is 63.6. The van der Waals surface area contributed by atoms with Crippen LogP contribution in [0.1, 0.15) is 173 Å². The van der Waals surface area contributed by atoms with Crippen molar-refractivity contribution in [3.8, 4) is 115 Å². The molecule has 0 saturated carbocycles. The lowest BCUT2D eigenvalue weighted by molar-refractivity contribution is 0.249. The summed E-state index contributed by atoms with van der Waals surface area (Å²) in [5.74, 6) is 3.81. The zero-order valence-electron chi connectivity index (χ0n) is 87.4. The predicted molar refractivity (Wildman–Crippen MR) is 594 cm³/mol. The maximum absolute atomic E-state index is 12.2. The van der Waals surface area contributed by atoms with Crippen LogP contribution >= 0.6 is 0 Å². The number of carbonyl (C=O) groups is 4. The summed E-state index contributed by atoms with van der Waals surface area (Å²) in [5, 5.41) is 76.7. The van der Waals surface area contributed by atoms with Crippen LogP contribution in [0.15, 0.2) is 206 Å². The molecule has 8 amide bonds. The van der Waals surface area contributed by atoms with E-state index >= 15 is 0 Å². The second kappa shape index (κ2) is 52.6. The van der Waals surface area contributed by atoms with Gasteiger partial charge in [-0.15, -0.1) is 0 Å². The number of urea groups is 4. The van der Waals surface area contributed by atoms with E-state index in [0.29, 0.717) is 95.4 Å². The molecule has 1 aliphatic rings. The zero-order valence-corrected chi connectivity index (χ0v) is 88.2. The number of sulfonamides is 1. The average Bonchev–Trinajstić information content (AvgIpc) is 1.60. The molecule has 768 valence electrons. The largest absolute Gasteiger partial charge is 0.497 e. The molecular weight excluding hydrogens is 1880 g/mol. The van der Waals surface area contributed by atoms with Crippen molar-refractivity contribution in [2.45, 2.75) is 185 Å². The summed E-state index contributed by atoms with van der Waals surface area (Å²) in [6, 6.07) is 76.4. The smallest absolute Gasteiger partial charge is 0.319 e. The molecule has 0 spiro atoms. The molecule has 148 heavy (non-hydrogen) atoms. The standard InChI is InChI=1S/C25H30N4O2.2C24H28N4O2.C23H26N4O2.C21H21N3O3S/c1-4-6-14-27-25(30)28-19-10-8-18(9-11-19)24-22(17-26)21-13-12-20(31-3)16-23(21)29(24)15-7-5-2;1-5-6-13-28-22-14-19(30-4)11-12-20(22)21(15-25)23(28)17-7-9-18(10-8-17)27-24(29)26-16(2)3;1-4-6-14-28-22-15-19(30-3)11-12-20(22)21(16-25)23(28)17-7-9-18(10-8-17)27-24(29)26-13-5-2;1-4-6-13-27-21-14-18(29-3)11-12-19(21)20(15-24)22(27)16-7-9-17(10-8-16)26-23(28)25-5-2;1-4-23-20-12-16(27-2)7-8-17(20)18(13-22)21(23)15-6-5-14-9-10-24(19(14)11-15)28(3,25)26/h8-13,16H,4-7,14-15H2,1-3H3,(H2,27,28,30);7-12,14,16H,5-6,13H2,1-4H3,(H2,26,27,29);7-12,15H,4-6,13-14H2,1-3H3,(H2,26,27,29);7-12,14H,4-6,13H2,1-3H3,(H2,25,26,28);5-8,11-12H,4,9-10H2,1-3H3. The van der Waals surface area contributed by atoms with Crippen LogP contribution in [0.5, 0.6) is 28.7 Å². The minimum Gasteiger partial charge on any atom is -0.497 e. The Balaban J connectivity index is 0.000000164. The van der Waals surface area contributed by atoms with Crippen molar-refractivity contribution in [1.82, 2.24) is 44.1 Å². The van der Waals surface area contributed by atoms with Gasteiger partial charge in [-0.25, -0.2) is 27.6 Å². The molecule has 0 radical (unpaired) electrons. The molecule has 0 unspecified atom stereocenters. The van der Waals surface area contributed by atoms with E-state index in [9.17, 15) is 53.9 Å². The van der Waals surface area contributed by atoms with E-state index in [4.69, 9.17) is 23.7 Å². The van der Waals surface area contributed by atoms with E-state index in [-0.39, 0.29) is 30.2 Å².